The first kappa shape index (κ1) is 25.2. The van der Waals surface area contributed by atoms with E-state index in [1.165, 1.54) is 0 Å². The van der Waals surface area contributed by atoms with E-state index in [4.69, 9.17) is 4.98 Å². The predicted molar refractivity (Wildman–Crippen MR) is 142 cm³/mol. The largest absolute Gasteiger partial charge is 0.395 e. The molecule has 35 heavy (non-hydrogen) atoms. The molecule has 0 unspecified atom stereocenters. The van der Waals surface area contributed by atoms with E-state index in [2.05, 4.69) is 71.3 Å². The fourth-order valence-electron chi connectivity index (χ4n) is 4.37. The van der Waals surface area contributed by atoms with Crippen LogP contribution < -0.4 is 10.6 Å². The molecule has 0 aromatic carbocycles. The third-order valence-corrected chi connectivity index (χ3v) is 5.93. The molecule has 2 aromatic rings. The zero-order chi connectivity index (χ0) is 25.0. The molecule has 0 spiro atoms. The van der Waals surface area contributed by atoms with Crippen LogP contribution in [-0.4, -0.2) is 67.9 Å². The van der Waals surface area contributed by atoms with Crippen molar-refractivity contribution in [3.63, 3.8) is 0 Å². The molecule has 0 aliphatic carbocycles. The van der Waals surface area contributed by atoms with Gasteiger partial charge in [-0.3, -0.25) is 4.90 Å². The van der Waals surface area contributed by atoms with Crippen molar-refractivity contribution < 1.29 is 10.2 Å². The Bertz CT molecular complexity index is 1090. The number of pyridine rings is 2. The van der Waals surface area contributed by atoms with Crippen molar-refractivity contribution in [2.45, 2.75) is 58.7 Å². The van der Waals surface area contributed by atoms with Crippen LogP contribution >= 0.6 is 0 Å². The number of nitrogens with zero attached hydrogens (tertiary/aromatic N) is 4. The number of anilines is 3. The molecular formula is C27H38N6O2. The van der Waals surface area contributed by atoms with Crippen LogP contribution in [0, 0.1) is 0 Å². The molecule has 1 saturated heterocycles. The molecule has 8 heteroatoms. The number of likely N-dealkylation sites (tertiary alicyclic amines) is 1. The number of aliphatic hydroxyl groups is 2. The highest BCUT2D eigenvalue weighted by Crippen LogP contribution is 2.37. The molecule has 4 N–H and O–H groups in total. The highest BCUT2D eigenvalue weighted by molar-refractivity contribution is 5.86. The Morgan fingerprint density at radius 3 is 2.69 bits per heavy atom. The fourth-order valence-corrected chi connectivity index (χ4v) is 4.37. The summed E-state index contributed by atoms with van der Waals surface area (Å²) in [6, 6.07) is 6.09. The highest BCUT2D eigenvalue weighted by Gasteiger charge is 2.26. The molecule has 0 amide bonds. The van der Waals surface area contributed by atoms with Gasteiger partial charge in [-0.05, 0) is 62.6 Å². The van der Waals surface area contributed by atoms with Gasteiger partial charge in [-0.15, -0.1) is 0 Å². The van der Waals surface area contributed by atoms with Gasteiger partial charge in [0.25, 0.3) is 0 Å². The summed E-state index contributed by atoms with van der Waals surface area (Å²) in [5.41, 5.74) is 4.15. The van der Waals surface area contributed by atoms with Crippen molar-refractivity contribution >= 4 is 29.2 Å². The molecule has 8 nitrogen and oxygen atoms in total. The van der Waals surface area contributed by atoms with Crippen LogP contribution in [-0.2, 0) is 6.54 Å². The van der Waals surface area contributed by atoms with Crippen molar-refractivity contribution in [2.24, 2.45) is 0 Å². The van der Waals surface area contributed by atoms with Crippen molar-refractivity contribution in [2.75, 3.05) is 36.9 Å². The summed E-state index contributed by atoms with van der Waals surface area (Å²) < 4.78 is 0. The summed E-state index contributed by atoms with van der Waals surface area (Å²) in [7, 11) is 0. The Morgan fingerprint density at radius 1 is 1.20 bits per heavy atom. The first-order valence-electron chi connectivity index (χ1n) is 12.5. The van der Waals surface area contributed by atoms with Crippen LogP contribution in [0.3, 0.4) is 0 Å². The van der Waals surface area contributed by atoms with Crippen LogP contribution in [0.5, 0.6) is 0 Å². The SMILES string of the molecule is CCCC=C1c2c(cc(Nc3cc(CN4CC(O)C4)ccn3)nc2NC(C)(C)C)C=CN1CCO. The van der Waals surface area contributed by atoms with E-state index in [-0.39, 0.29) is 18.2 Å². The number of allylic oxidation sites excluding steroid dienone is 1. The molecular weight excluding hydrogens is 440 g/mol. The Balaban J connectivity index is 1.67. The average Bonchev–Trinajstić information content (AvgIpc) is 2.77. The number of β-amino-alcohol motifs (C(OH)–C–C–N with tert-alkyl or cyclic N) is 2. The maximum atomic E-state index is 9.62. The van der Waals surface area contributed by atoms with Gasteiger partial charge in [0.1, 0.15) is 17.5 Å². The first-order valence-corrected chi connectivity index (χ1v) is 12.5. The van der Waals surface area contributed by atoms with Gasteiger partial charge in [-0.1, -0.05) is 19.4 Å². The average molecular weight is 479 g/mol. The number of hydrogen-bond acceptors (Lipinski definition) is 8. The van der Waals surface area contributed by atoms with Crippen molar-refractivity contribution in [3.05, 3.63) is 53.4 Å². The maximum absolute atomic E-state index is 9.62. The topological polar surface area (TPSA) is 96.8 Å². The third kappa shape index (κ3) is 6.39. The lowest BCUT2D eigenvalue weighted by Crippen LogP contribution is -2.49. The number of fused-ring (bicyclic) bond motifs is 1. The Labute approximate surface area is 208 Å². The molecule has 2 aliphatic rings. The van der Waals surface area contributed by atoms with Gasteiger partial charge in [0.05, 0.1) is 12.7 Å². The summed E-state index contributed by atoms with van der Waals surface area (Å²) in [4.78, 5) is 13.8. The van der Waals surface area contributed by atoms with E-state index >= 15 is 0 Å². The van der Waals surface area contributed by atoms with Crippen molar-refractivity contribution in [1.29, 1.82) is 0 Å². The maximum Gasteiger partial charge on any atom is 0.138 e. The van der Waals surface area contributed by atoms with E-state index in [1.54, 1.807) is 6.20 Å². The van der Waals surface area contributed by atoms with Gasteiger partial charge in [-0.2, -0.15) is 0 Å². The number of unbranched alkanes of at least 4 members (excludes halogenated alkanes) is 1. The van der Waals surface area contributed by atoms with Crippen molar-refractivity contribution in [3.8, 4) is 0 Å². The molecule has 2 aliphatic heterocycles. The lowest BCUT2D eigenvalue weighted by atomic mass is 9.98. The van der Waals surface area contributed by atoms with E-state index in [9.17, 15) is 10.2 Å². The second-order valence-electron chi connectivity index (χ2n) is 10.3. The number of aliphatic hydroxyl groups excluding tert-OH is 2. The smallest absolute Gasteiger partial charge is 0.138 e. The minimum absolute atomic E-state index is 0.0800. The van der Waals surface area contributed by atoms with E-state index < -0.39 is 0 Å². The quantitative estimate of drug-likeness (QED) is 0.429. The first-order chi connectivity index (χ1) is 16.8. The fraction of sp³-hybridized carbons (Fsp3) is 0.481. The second-order valence-corrected chi connectivity index (χ2v) is 10.3. The molecule has 0 atom stereocenters. The van der Waals surface area contributed by atoms with E-state index in [0.29, 0.717) is 19.6 Å². The van der Waals surface area contributed by atoms with Gasteiger partial charge in [0.2, 0.25) is 0 Å². The minimum Gasteiger partial charge on any atom is -0.395 e. The molecule has 4 heterocycles. The van der Waals surface area contributed by atoms with Gasteiger partial charge in [-0.25, -0.2) is 9.97 Å². The Kier molecular flexibility index (Phi) is 7.74. The zero-order valence-electron chi connectivity index (χ0n) is 21.3. The highest BCUT2D eigenvalue weighted by atomic mass is 16.3. The summed E-state index contributed by atoms with van der Waals surface area (Å²) >= 11 is 0. The molecule has 0 radical (unpaired) electrons. The second kappa shape index (κ2) is 10.8. The number of nitrogens with one attached hydrogen (secondary N) is 2. The molecule has 188 valence electrons. The van der Waals surface area contributed by atoms with Crippen LogP contribution in [0.15, 0.2) is 36.7 Å². The van der Waals surface area contributed by atoms with Crippen LogP contribution in [0.25, 0.3) is 11.8 Å². The van der Waals surface area contributed by atoms with Crippen molar-refractivity contribution in [1.82, 2.24) is 19.8 Å². The number of hydrogen-bond donors (Lipinski definition) is 4. The molecule has 0 saturated carbocycles. The number of aromatic nitrogens is 2. The monoisotopic (exact) mass is 478 g/mol. The van der Waals surface area contributed by atoms with E-state index in [1.807, 2.05) is 18.3 Å². The predicted octanol–water partition coefficient (Wildman–Crippen LogP) is 4.03. The van der Waals surface area contributed by atoms with Gasteiger partial charge in [0, 0.05) is 55.4 Å². The Morgan fingerprint density at radius 2 is 2.00 bits per heavy atom. The van der Waals surface area contributed by atoms with Gasteiger partial charge < -0.3 is 25.7 Å². The molecule has 4 rings (SSSR count). The van der Waals surface area contributed by atoms with E-state index in [0.717, 1.165) is 59.2 Å². The molecule has 1 fully saturated rings. The summed E-state index contributed by atoms with van der Waals surface area (Å²) in [6.07, 6.45) is 9.93. The lowest BCUT2D eigenvalue weighted by Gasteiger charge is -2.35. The van der Waals surface area contributed by atoms with Crippen LogP contribution in [0.2, 0.25) is 0 Å². The summed E-state index contributed by atoms with van der Waals surface area (Å²) in [5.74, 6) is 2.26. The normalized spacial score (nSPS) is 17.4. The van der Waals surface area contributed by atoms with Gasteiger partial charge >= 0.3 is 0 Å². The van der Waals surface area contributed by atoms with Gasteiger partial charge in [0.15, 0.2) is 0 Å². The van der Waals surface area contributed by atoms with Crippen LogP contribution in [0.4, 0.5) is 17.5 Å². The standard InChI is InChI=1S/C27H38N6O2/c1-5-6-7-22-25-20(9-11-33(22)12-13-34)15-24(30-26(25)31-27(2,3)4)29-23-14-19(8-10-28-23)16-32-17-21(35)18-32/h7-11,14-15,21,34-35H,5-6,12-13,16-18H2,1-4H3,(H2,28,29,30,31). The minimum atomic E-state index is -0.208. The summed E-state index contributed by atoms with van der Waals surface area (Å²) in [6.45, 7) is 11.4. The molecule has 0 bridgehead atoms. The zero-order valence-corrected chi connectivity index (χ0v) is 21.3. The Hall–Kier alpha value is -2.94. The number of rotatable bonds is 9. The van der Waals surface area contributed by atoms with Crippen LogP contribution in [0.1, 0.15) is 57.2 Å². The third-order valence-electron chi connectivity index (χ3n) is 5.93. The lowest BCUT2D eigenvalue weighted by molar-refractivity contribution is -0.00286. The summed E-state index contributed by atoms with van der Waals surface area (Å²) in [5, 5.41) is 26.2. The molecule has 2 aromatic heterocycles.